The zero-order valence-corrected chi connectivity index (χ0v) is 8.39. The van der Waals surface area contributed by atoms with Crippen molar-refractivity contribution in [2.24, 2.45) is 11.8 Å². The summed E-state index contributed by atoms with van der Waals surface area (Å²) in [5, 5.41) is 0.415. The minimum Gasteiger partial charge on any atom is -0.271 e. The normalized spacial score (nSPS) is 18.2. The van der Waals surface area contributed by atoms with Crippen LogP contribution in [-0.2, 0) is 0 Å². The molecule has 2 rings (SSSR count). The third-order valence-corrected chi connectivity index (χ3v) is 2.81. The Hall–Kier alpha value is -0.640. The van der Waals surface area contributed by atoms with E-state index < -0.39 is 0 Å². The topological polar surface area (TPSA) is 38.0 Å². The van der Waals surface area contributed by atoms with Crippen molar-refractivity contribution < 1.29 is 4.39 Å². The molecule has 1 aliphatic rings. The largest absolute Gasteiger partial charge is 0.271 e. The van der Waals surface area contributed by atoms with Crippen LogP contribution < -0.4 is 11.3 Å². The van der Waals surface area contributed by atoms with Gasteiger partial charge in [-0.15, -0.1) is 0 Å². The van der Waals surface area contributed by atoms with Gasteiger partial charge in [-0.3, -0.25) is 11.3 Å². The van der Waals surface area contributed by atoms with Gasteiger partial charge < -0.3 is 0 Å². The van der Waals surface area contributed by atoms with Crippen molar-refractivity contribution in [3.8, 4) is 0 Å². The van der Waals surface area contributed by atoms with Crippen molar-refractivity contribution in [3.05, 3.63) is 34.6 Å². The summed E-state index contributed by atoms with van der Waals surface area (Å²) in [6, 6.07) is 4.63. The molecule has 1 atom stereocenters. The molecule has 0 saturated heterocycles. The Labute approximate surface area is 87.2 Å². The van der Waals surface area contributed by atoms with Crippen LogP contribution in [-0.4, -0.2) is 0 Å². The van der Waals surface area contributed by atoms with Gasteiger partial charge in [-0.1, -0.05) is 17.7 Å². The average Bonchev–Trinajstić information content (AvgIpc) is 2.93. The van der Waals surface area contributed by atoms with Crippen LogP contribution in [0.4, 0.5) is 4.39 Å². The van der Waals surface area contributed by atoms with Crippen molar-refractivity contribution in [1.29, 1.82) is 0 Å². The first-order chi connectivity index (χ1) is 6.72. The lowest BCUT2D eigenvalue weighted by Crippen LogP contribution is -2.30. The molecule has 4 heteroatoms. The quantitative estimate of drug-likeness (QED) is 0.599. The Morgan fingerprint density at radius 3 is 2.71 bits per heavy atom. The zero-order valence-electron chi connectivity index (χ0n) is 7.63. The lowest BCUT2D eigenvalue weighted by Gasteiger charge is -2.16. The van der Waals surface area contributed by atoms with E-state index in [0.29, 0.717) is 16.5 Å². The number of nitrogens with one attached hydrogen (secondary N) is 1. The van der Waals surface area contributed by atoms with Crippen LogP contribution in [0.25, 0.3) is 0 Å². The highest BCUT2D eigenvalue weighted by Crippen LogP contribution is 2.41. The van der Waals surface area contributed by atoms with Crippen molar-refractivity contribution in [3.63, 3.8) is 0 Å². The molecule has 76 valence electrons. The first kappa shape index (κ1) is 9.90. The van der Waals surface area contributed by atoms with E-state index in [2.05, 4.69) is 5.43 Å². The van der Waals surface area contributed by atoms with E-state index in [1.807, 2.05) is 0 Å². The number of hydrogen-bond acceptors (Lipinski definition) is 2. The Morgan fingerprint density at radius 2 is 2.21 bits per heavy atom. The Morgan fingerprint density at radius 1 is 1.50 bits per heavy atom. The van der Waals surface area contributed by atoms with Gasteiger partial charge in [-0.05, 0) is 30.9 Å². The SMILES string of the molecule is NNC(c1ccc(Cl)cc1F)C1CC1. The van der Waals surface area contributed by atoms with Gasteiger partial charge in [0.25, 0.3) is 0 Å². The minimum absolute atomic E-state index is 0.0766. The maximum Gasteiger partial charge on any atom is 0.129 e. The van der Waals surface area contributed by atoms with Crippen LogP contribution in [0.15, 0.2) is 18.2 Å². The fraction of sp³-hybridized carbons (Fsp3) is 0.400. The Balaban J connectivity index is 2.29. The molecule has 0 amide bonds. The molecule has 0 bridgehead atoms. The fourth-order valence-electron chi connectivity index (χ4n) is 1.66. The Bertz CT molecular complexity index is 339. The van der Waals surface area contributed by atoms with E-state index in [0.717, 1.165) is 12.8 Å². The minimum atomic E-state index is -0.285. The van der Waals surface area contributed by atoms with Gasteiger partial charge in [-0.2, -0.15) is 0 Å². The van der Waals surface area contributed by atoms with E-state index in [4.69, 9.17) is 17.4 Å². The summed E-state index contributed by atoms with van der Waals surface area (Å²) in [6.07, 6.45) is 2.22. The molecule has 0 aliphatic heterocycles. The number of benzene rings is 1. The number of hydrogen-bond donors (Lipinski definition) is 2. The lowest BCUT2D eigenvalue weighted by atomic mass is 10.0. The van der Waals surface area contributed by atoms with Crippen LogP contribution >= 0.6 is 11.6 Å². The third-order valence-electron chi connectivity index (χ3n) is 2.57. The van der Waals surface area contributed by atoms with Crippen LogP contribution in [0.2, 0.25) is 5.02 Å². The number of rotatable bonds is 3. The summed E-state index contributed by atoms with van der Waals surface area (Å²) in [6.45, 7) is 0. The van der Waals surface area contributed by atoms with Gasteiger partial charge in [0.05, 0.1) is 6.04 Å². The molecular formula is C10H12ClFN2. The van der Waals surface area contributed by atoms with Crippen LogP contribution in [0, 0.1) is 11.7 Å². The highest BCUT2D eigenvalue weighted by Gasteiger charge is 2.32. The average molecular weight is 215 g/mol. The molecular weight excluding hydrogens is 203 g/mol. The van der Waals surface area contributed by atoms with E-state index in [9.17, 15) is 4.39 Å². The summed E-state index contributed by atoms with van der Waals surface area (Å²) in [7, 11) is 0. The highest BCUT2D eigenvalue weighted by atomic mass is 35.5. The first-order valence-electron chi connectivity index (χ1n) is 4.63. The summed E-state index contributed by atoms with van der Waals surface area (Å²) in [4.78, 5) is 0. The second-order valence-electron chi connectivity index (χ2n) is 3.65. The second kappa shape index (κ2) is 3.85. The molecule has 1 unspecified atom stereocenters. The van der Waals surface area contributed by atoms with E-state index in [-0.39, 0.29) is 11.9 Å². The molecule has 1 aliphatic carbocycles. The molecule has 0 aromatic heterocycles. The van der Waals surface area contributed by atoms with Crippen LogP contribution in [0.1, 0.15) is 24.4 Å². The molecule has 1 saturated carbocycles. The van der Waals surface area contributed by atoms with Gasteiger partial charge in [0.1, 0.15) is 5.82 Å². The molecule has 1 aromatic rings. The molecule has 0 spiro atoms. The third kappa shape index (κ3) is 1.90. The van der Waals surface area contributed by atoms with Crippen LogP contribution in [0.5, 0.6) is 0 Å². The van der Waals surface area contributed by atoms with Crippen molar-refractivity contribution in [1.82, 2.24) is 5.43 Å². The molecule has 0 heterocycles. The molecule has 0 radical (unpaired) electrons. The van der Waals surface area contributed by atoms with Crippen molar-refractivity contribution in [2.75, 3.05) is 0 Å². The molecule has 1 fully saturated rings. The number of nitrogens with two attached hydrogens (primary N) is 1. The van der Waals surface area contributed by atoms with Gasteiger partial charge in [-0.25, -0.2) is 4.39 Å². The highest BCUT2D eigenvalue weighted by molar-refractivity contribution is 6.30. The maximum atomic E-state index is 13.5. The van der Waals surface area contributed by atoms with Gasteiger partial charge in [0.2, 0.25) is 0 Å². The molecule has 14 heavy (non-hydrogen) atoms. The van der Waals surface area contributed by atoms with Gasteiger partial charge in [0.15, 0.2) is 0 Å². The van der Waals surface area contributed by atoms with Gasteiger partial charge >= 0.3 is 0 Å². The number of hydrazine groups is 1. The smallest absolute Gasteiger partial charge is 0.129 e. The molecule has 1 aromatic carbocycles. The summed E-state index contributed by atoms with van der Waals surface area (Å²) in [5.74, 6) is 5.59. The summed E-state index contributed by atoms with van der Waals surface area (Å²) < 4.78 is 13.5. The van der Waals surface area contributed by atoms with Crippen molar-refractivity contribution >= 4 is 11.6 Å². The van der Waals surface area contributed by atoms with Crippen LogP contribution in [0.3, 0.4) is 0 Å². The predicted octanol–water partition coefficient (Wildman–Crippen LogP) is 2.39. The molecule has 3 N–H and O–H groups in total. The fourth-order valence-corrected chi connectivity index (χ4v) is 1.82. The predicted molar refractivity (Wildman–Crippen MR) is 54.2 cm³/mol. The zero-order chi connectivity index (χ0) is 10.1. The van der Waals surface area contributed by atoms with E-state index in [1.54, 1.807) is 12.1 Å². The Kier molecular flexibility index (Phi) is 2.72. The number of halogens is 2. The lowest BCUT2D eigenvalue weighted by molar-refractivity contribution is 0.469. The monoisotopic (exact) mass is 214 g/mol. The standard InChI is InChI=1S/C10H12ClFN2/c11-7-3-4-8(9(12)5-7)10(14-13)6-1-2-6/h3-6,10,14H,1-2,13H2. The van der Waals surface area contributed by atoms with E-state index >= 15 is 0 Å². The summed E-state index contributed by atoms with van der Waals surface area (Å²) in [5.41, 5.74) is 3.27. The first-order valence-corrected chi connectivity index (χ1v) is 5.01. The summed E-state index contributed by atoms with van der Waals surface area (Å²) >= 11 is 5.67. The second-order valence-corrected chi connectivity index (χ2v) is 4.08. The van der Waals surface area contributed by atoms with E-state index in [1.165, 1.54) is 6.07 Å². The van der Waals surface area contributed by atoms with Crippen molar-refractivity contribution in [2.45, 2.75) is 18.9 Å². The maximum absolute atomic E-state index is 13.5. The van der Waals surface area contributed by atoms with Gasteiger partial charge in [0, 0.05) is 10.6 Å². The molecule has 2 nitrogen and oxygen atoms in total.